The first-order chi connectivity index (χ1) is 7.12. The van der Waals surface area contributed by atoms with E-state index >= 15 is 0 Å². The second kappa shape index (κ2) is 4.46. The van der Waals surface area contributed by atoms with Crippen molar-refractivity contribution in [3.63, 3.8) is 0 Å². The standard InChI is InChI=1S/C12H21BO2/c1-11(13)5-2-3-7-12(8-4-6-11)14-9-10-15-12/h2-10H2,1H3. The van der Waals surface area contributed by atoms with Crippen LogP contribution in [0.4, 0.5) is 0 Å². The minimum Gasteiger partial charge on any atom is -0.348 e. The molecule has 3 heteroatoms. The highest BCUT2D eigenvalue weighted by molar-refractivity contribution is 6.14. The summed E-state index contributed by atoms with van der Waals surface area (Å²) in [4.78, 5) is 0. The molecule has 0 N–H and O–H groups in total. The third kappa shape index (κ3) is 2.98. The van der Waals surface area contributed by atoms with Gasteiger partial charge in [0.25, 0.3) is 0 Å². The van der Waals surface area contributed by atoms with Crippen LogP contribution in [0.1, 0.15) is 51.9 Å². The monoisotopic (exact) mass is 208 g/mol. The Labute approximate surface area is 94.1 Å². The number of hydrogen-bond donors (Lipinski definition) is 0. The fourth-order valence-electron chi connectivity index (χ4n) is 2.72. The van der Waals surface area contributed by atoms with Gasteiger partial charge < -0.3 is 9.47 Å². The fourth-order valence-corrected chi connectivity index (χ4v) is 2.72. The average Bonchev–Trinajstić information content (AvgIpc) is 2.63. The van der Waals surface area contributed by atoms with Gasteiger partial charge in [-0.1, -0.05) is 31.5 Å². The minimum absolute atomic E-state index is 0.0180. The zero-order chi connectivity index (χ0) is 10.8. The Balaban J connectivity index is 1.95. The summed E-state index contributed by atoms with van der Waals surface area (Å²) >= 11 is 0. The molecule has 1 saturated heterocycles. The molecule has 2 rings (SSSR count). The average molecular weight is 208 g/mol. The van der Waals surface area contributed by atoms with E-state index in [2.05, 4.69) is 6.92 Å². The van der Waals surface area contributed by atoms with E-state index in [4.69, 9.17) is 17.3 Å². The Morgan fingerprint density at radius 2 is 1.40 bits per heavy atom. The Bertz CT molecular complexity index is 210. The molecule has 1 heterocycles. The maximum absolute atomic E-state index is 6.22. The summed E-state index contributed by atoms with van der Waals surface area (Å²) in [5, 5.41) is 0.0180. The summed E-state index contributed by atoms with van der Waals surface area (Å²) in [5.41, 5.74) is 0. The molecule has 2 radical (unpaired) electrons. The van der Waals surface area contributed by atoms with Crippen molar-refractivity contribution in [1.29, 1.82) is 0 Å². The zero-order valence-corrected chi connectivity index (χ0v) is 9.76. The minimum atomic E-state index is -0.250. The van der Waals surface area contributed by atoms with Crippen LogP contribution in [-0.4, -0.2) is 26.8 Å². The molecule has 1 unspecified atom stereocenters. The van der Waals surface area contributed by atoms with Crippen molar-refractivity contribution in [2.24, 2.45) is 0 Å². The van der Waals surface area contributed by atoms with E-state index in [1.807, 2.05) is 0 Å². The molecule has 1 atom stereocenters. The lowest BCUT2D eigenvalue weighted by molar-refractivity contribution is -0.168. The Hall–Kier alpha value is -0.0151. The Kier molecular flexibility index (Phi) is 3.41. The molecule has 1 saturated carbocycles. The second-order valence-electron chi connectivity index (χ2n) is 5.32. The summed E-state index contributed by atoms with van der Waals surface area (Å²) in [5.74, 6) is -0.250. The highest BCUT2D eigenvalue weighted by Crippen LogP contribution is 2.40. The Morgan fingerprint density at radius 3 is 2.13 bits per heavy atom. The van der Waals surface area contributed by atoms with Gasteiger partial charge in [-0.15, -0.1) is 0 Å². The molecule has 0 aromatic carbocycles. The summed E-state index contributed by atoms with van der Waals surface area (Å²) in [6.07, 6.45) is 7.76. The van der Waals surface area contributed by atoms with Crippen LogP contribution in [0.25, 0.3) is 0 Å². The molecule has 1 aliphatic carbocycles. The SMILES string of the molecule is [B]C1(C)CCCCC2(CCC1)OCCO2. The van der Waals surface area contributed by atoms with E-state index in [9.17, 15) is 0 Å². The maximum atomic E-state index is 6.22. The van der Waals surface area contributed by atoms with Crippen LogP contribution in [0.15, 0.2) is 0 Å². The van der Waals surface area contributed by atoms with Crippen LogP contribution >= 0.6 is 0 Å². The van der Waals surface area contributed by atoms with Crippen molar-refractivity contribution in [2.75, 3.05) is 13.2 Å². The van der Waals surface area contributed by atoms with Gasteiger partial charge in [-0.2, -0.15) is 0 Å². The van der Waals surface area contributed by atoms with Gasteiger partial charge >= 0.3 is 0 Å². The van der Waals surface area contributed by atoms with Gasteiger partial charge in [0, 0.05) is 12.8 Å². The summed E-state index contributed by atoms with van der Waals surface area (Å²) < 4.78 is 11.6. The summed E-state index contributed by atoms with van der Waals surface area (Å²) in [7, 11) is 6.22. The number of rotatable bonds is 0. The second-order valence-corrected chi connectivity index (χ2v) is 5.32. The molecule has 1 aliphatic heterocycles. The quantitative estimate of drug-likeness (QED) is 0.570. The van der Waals surface area contributed by atoms with Crippen molar-refractivity contribution in [3.8, 4) is 0 Å². The molecule has 0 aromatic heterocycles. The van der Waals surface area contributed by atoms with Crippen molar-refractivity contribution in [1.82, 2.24) is 0 Å². The molecule has 84 valence electrons. The molecule has 0 bridgehead atoms. The molecule has 0 amide bonds. The van der Waals surface area contributed by atoms with E-state index in [1.54, 1.807) is 0 Å². The van der Waals surface area contributed by atoms with E-state index in [1.165, 1.54) is 12.8 Å². The normalized spacial score (nSPS) is 37.1. The molecular weight excluding hydrogens is 187 g/mol. The van der Waals surface area contributed by atoms with Crippen molar-refractivity contribution >= 4 is 7.85 Å². The molecule has 2 aliphatic rings. The fraction of sp³-hybridized carbons (Fsp3) is 1.00. The van der Waals surface area contributed by atoms with Crippen LogP contribution in [0, 0.1) is 0 Å². The lowest BCUT2D eigenvalue weighted by Crippen LogP contribution is -2.29. The molecule has 0 aromatic rings. The largest absolute Gasteiger partial charge is 0.348 e. The van der Waals surface area contributed by atoms with Gasteiger partial charge in [-0.25, -0.2) is 0 Å². The van der Waals surface area contributed by atoms with Crippen LogP contribution in [-0.2, 0) is 9.47 Å². The van der Waals surface area contributed by atoms with Crippen molar-refractivity contribution < 1.29 is 9.47 Å². The lowest BCUT2D eigenvalue weighted by Gasteiger charge is -2.27. The van der Waals surface area contributed by atoms with Crippen LogP contribution in [0.5, 0.6) is 0 Å². The van der Waals surface area contributed by atoms with Gasteiger partial charge in [-0.3, -0.25) is 0 Å². The van der Waals surface area contributed by atoms with Gasteiger partial charge in [0.15, 0.2) is 5.79 Å². The van der Waals surface area contributed by atoms with Gasteiger partial charge in [-0.05, 0) is 12.8 Å². The first-order valence-electron chi connectivity index (χ1n) is 6.19. The molecule has 2 fully saturated rings. The zero-order valence-electron chi connectivity index (χ0n) is 9.76. The van der Waals surface area contributed by atoms with Crippen molar-refractivity contribution in [2.45, 2.75) is 63.0 Å². The highest BCUT2D eigenvalue weighted by atomic mass is 16.7. The van der Waals surface area contributed by atoms with E-state index in [0.29, 0.717) is 0 Å². The van der Waals surface area contributed by atoms with Gasteiger partial charge in [0.1, 0.15) is 0 Å². The van der Waals surface area contributed by atoms with Crippen molar-refractivity contribution in [3.05, 3.63) is 0 Å². The molecular formula is C12H21BO2. The maximum Gasteiger partial charge on any atom is 0.168 e. The molecule has 1 spiro atoms. The Morgan fingerprint density at radius 1 is 0.867 bits per heavy atom. The molecule has 2 nitrogen and oxygen atoms in total. The van der Waals surface area contributed by atoms with E-state index in [0.717, 1.165) is 45.3 Å². The smallest absolute Gasteiger partial charge is 0.168 e. The third-order valence-electron chi connectivity index (χ3n) is 3.67. The van der Waals surface area contributed by atoms with Crippen LogP contribution < -0.4 is 0 Å². The summed E-state index contributed by atoms with van der Waals surface area (Å²) in [6.45, 7) is 3.70. The van der Waals surface area contributed by atoms with Gasteiger partial charge in [0.05, 0.1) is 21.1 Å². The van der Waals surface area contributed by atoms with Crippen LogP contribution in [0.3, 0.4) is 0 Å². The van der Waals surface area contributed by atoms with E-state index < -0.39 is 0 Å². The lowest BCUT2D eigenvalue weighted by atomic mass is 9.64. The first-order valence-corrected chi connectivity index (χ1v) is 6.19. The number of hydrogen-bond acceptors (Lipinski definition) is 2. The van der Waals surface area contributed by atoms with Crippen LogP contribution in [0.2, 0.25) is 5.31 Å². The topological polar surface area (TPSA) is 18.5 Å². The van der Waals surface area contributed by atoms with E-state index in [-0.39, 0.29) is 11.1 Å². The molecule has 15 heavy (non-hydrogen) atoms. The predicted octanol–water partition coefficient (Wildman–Crippen LogP) is 2.82. The first kappa shape index (κ1) is 11.5. The third-order valence-corrected chi connectivity index (χ3v) is 3.67. The number of ether oxygens (including phenoxy) is 2. The van der Waals surface area contributed by atoms with Gasteiger partial charge in [0.2, 0.25) is 0 Å². The summed E-state index contributed by atoms with van der Waals surface area (Å²) in [6, 6.07) is 0. The predicted molar refractivity (Wildman–Crippen MR) is 61.1 cm³/mol. The highest BCUT2D eigenvalue weighted by Gasteiger charge is 2.36.